The number of methoxy groups -OCH3 is 2. The van der Waals surface area contributed by atoms with E-state index in [4.69, 9.17) is 29.4 Å². The number of rotatable bonds is 3. The highest BCUT2D eigenvalue weighted by atomic mass is 16.7. The Morgan fingerprint density at radius 3 is 2.50 bits per heavy atom. The van der Waals surface area contributed by atoms with Crippen LogP contribution in [0.2, 0.25) is 0 Å². The fourth-order valence-corrected chi connectivity index (χ4v) is 3.23. The molecule has 0 saturated heterocycles. The maximum atomic E-state index is 9.71. The van der Waals surface area contributed by atoms with Gasteiger partial charge in [0, 0.05) is 17.2 Å². The molecule has 4 rings (SSSR count). The van der Waals surface area contributed by atoms with E-state index in [-0.39, 0.29) is 12.7 Å². The third kappa shape index (κ3) is 2.35. The van der Waals surface area contributed by atoms with Gasteiger partial charge in [0.15, 0.2) is 11.5 Å². The van der Waals surface area contributed by atoms with Crippen molar-refractivity contribution in [3.05, 3.63) is 52.9 Å². The van der Waals surface area contributed by atoms with Crippen LogP contribution >= 0.6 is 0 Å². The van der Waals surface area contributed by atoms with Crippen LogP contribution in [0.5, 0.6) is 28.7 Å². The number of ether oxygens (including phenoxy) is 5. The zero-order valence-electron chi connectivity index (χ0n) is 14.2. The highest BCUT2D eigenvalue weighted by Crippen LogP contribution is 2.49. The lowest BCUT2D eigenvalue weighted by Crippen LogP contribution is -2.21. The molecule has 7 heteroatoms. The van der Waals surface area contributed by atoms with Gasteiger partial charge in [-0.15, -0.1) is 0 Å². The molecule has 0 unspecified atom stereocenters. The zero-order chi connectivity index (χ0) is 18.3. The number of fused-ring (bicyclic) bond motifs is 2. The summed E-state index contributed by atoms with van der Waals surface area (Å²) in [4.78, 5) is 0. The zero-order valence-corrected chi connectivity index (χ0v) is 14.2. The van der Waals surface area contributed by atoms with Crippen LogP contribution < -0.4 is 29.4 Å². The van der Waals surface area contributed by atoms with E-state index in [1.807, 2.05) is 12.1 Å². The summed E-state index contributed by atoms with van der Waals surface area (Å²) in [5, 5.41) is 9.71. The van der Waals surface area contributed by atoms with Crippen LogP contribution in [0.4, 0.5) is 0 Å². The molecule has 2 aliphatic heterocycles. The molecule has 2 aliphatic rings. The second-order valence-corrected chi connectivity index (χ2v) is 5.78. The Balaban J connectivity index is 1.97. The second-order valence-electron chi connectivity index (χ2n) is 5.78. The van der Waals surface area contributed by atoms with Crippen molar-refractivity contribution in [3.63, 3.8) is 0 Å². The lowest BCUT2D eigenvalue weighted by Gasteiger charge is -2.27. The number of nitrogens with zero attached hydrogens (tertiary/aromatic N) is 1. The summed E-state index contributed by atoms with van der Waals surface area (Å²) in [5.74, 6) is 2.51. The molecule has 2 aromatic carbocycles. The predicted octanol–water partition coefficient (Wildman–Crippen LogP) is 2.65. The van der Waals surface area contributed by atoms with Crippen molar-refractivity contribution in [2.75, 3.05) is 21.0 Å². The van der Waals surface area contributed by atoms with Crippen LogP contribution in [0.3, 0.4) is 0 Å². The minimum absolute atomic E-state index is 0.0498. The van der Waals surface area contributed by atoms with Gasteiger partial charge in [0.05, 0.1) is 20.1 Å². The predicted molar refractivity (Wildman–Crippen MR) is 91.4 cm³/mol. The van der Waals surface area contributed by atoms with Gasteiger partial charge in [-0.3, -0.25) is 0 Å². The number of allylic oxidation sites excluding steroid dienone is 1. The van der Waals surface area contributed by atoms with Crippen molar-refractivity contribution in [1.29, 1.82) is 5.26 Å². The monoisotopic (exact) mass is 352 g/mol. The standard InChI is InChI=1S/C19H16N2O5/c1-22-10-3-4-14(23-2)11(5-10)18-12-6-16-17(25-9-24-16)7-15(12)26-19(21)13(18)8-20/h3-7,18H,9,21H2,1-2H3/t18-/m1/s1. The van der Waals surface area contributed by atoms with Crippen molar-refractivity contribution < 1.29 is 23.7 Å². The van der Waals surface area contributed by atoms with Crippen LogP contribution in [0.15, 0.2) is 41.8 Å². The van der Waals surface area contributed by atoms with Crippen molar-refractivity contribution >= 4 is 0 Å². The summed E-state index contributed by atoms with van der Waals surface area (Å²) in [7, 11) is 3.15. The molecule has 0 bridgehead atoms. The van der Waals surface area contributed by atoms with Crippen LogP contribution in [-0.4, -0.2) is 21.0 Å². The summed E-state index contributed by atoms with van der Waals surface area (Å²) in [6, 6.07) is 11.1. The maximum absolute atomic E-state index is 9.71. The van der Waals surface area contributed by atoms with Gasteiger partial charge in [-0.1, -0.05) is 0 Å². The van der Waals surface area contributed by atoms with Gasteiger partial charge in [-0.25, -0.2) is 0 Å². The summed E-state index contributed by atoms with van der Waals surface area (Å²) in [6.07, 6.45) is 0. The van der Waals surface area contributed by atoms with Crippen LogP contribution in [0.25, 0.3) is 0 Å². The molecule has 0 aliphatic carbocycles. The van der Waals surface area contributed by atoms with Crippen molar-refractivity contribution in [1.82, 2.24) is 0 Å². The average molecular weight is 352 g/mol. The summed E-state index contributed by atoms with van der Waals surface area (Å²) in [6.45, 7) is 0.138. The van der Waals surface area contributed by atoms with Gasteiger partial charge in [-0.05, 0) is 24.3 Å². The van der Waals surface area contributed by atoms with Crippen molar-refractivity contribution in [3.8, 4) is 34.8 Å². The number of benzene rings is 2. The van der Waals surface area contributed by atoms with E-state index < -0.39 is 5.92 Å². The first-order valence-corrected chi connectivity index (χ1v) is 7.89. The number of hydrogen-bond donors (Lipinski definition) is 1. The average Bonchev–Trinajstić information content (AvgIpc) is 3.12. The Hall–Kier alpha value is -3.53. The molecule has 2 aromatic rings. The maximum Gasteiger partial charge on any atom is 0.231 e. The SMILES string of the molecule is COc1ccc(OC)c([C@H]2C(C#N)=C(N)Oc3cc4c(cc32)OCO4)c1. The molecule has 0 aromatic heterocycles. The number of hydrogen-bond acceptors (Lipinski definition) is 7. The first-order valence-electron chi connectivity index (χ1n) is 7.89. The second kappa shape index (κ2) is 6.08. The van der Waals surface area contributed by atoms with Crippen molar-refractivity contribution in [2.45, 2.75) is 5.92 Å². The summed E-state index contributed by atoms with van der Waals surface area (Å²) >= 11 is 0. The van der Waals surface area contributed by atoms with E-state index >= 15 is 0 Å². The van der Waals surface area contributed by atoms with E-state index in [0.717, 1.165) is 11.1 Å². The fraction of sp³-hybridized carbons (Fsp3) is 0.211. The van der Waals surface area contributed by atoms with E-state index in [1.54, 1.807) is 32.4 Å². The molecular formula is C19H16N2O5. The molecule has 0 fully saturated rings. The number of nitriles is 1. The first kappa shape index (κ1) is 16.0. The molecule has 0 saturated carbocycles. The van der Waals surface area contributed by atoms with E-state index in [9.17, 15) is 5.26 Å². The quantitative estimate of drug-likeness (QED) is 0.907. The molecule has 7 nitrogen and oxygen atoms in total. The largest absolute Gasteiger partial charge is 0.497 e. The minimum Gasteiger partial charge on any atom is -0.497 e. The third-order valence-corrected chi connectivity index (χ3v) is 4.46. The molecule has 2 N–H and O–H groups in total. The minimum atomic E-state index is -0.483. The van der Waals surface area contributed by atoms with Crippen LogP contribution in [0, 0.1) is 11.3 Å². The third-order valence-electron chi connectivity index (χ3n) is 4.46. The van der Waals surface area contributed by atoms with E-state index in [1.165, 1.54) is 0 Å². The normalized spacial score (nSPS) is 17.2. The molecule has 132 valence electrons. The van der Waals surface area contributed by atoms with Crippen LogP contribution in [0.1, 0.15) is 17.0 Å². The van der Waals surface area contributed by atoms with Gasteiger partial charge < -0.3 is 29.4 Å². The Morgan fingerprint density at radius 2 is 1.81 bits per heavy atom. The highest BCUT2D eigenvalue weighted by molar-refractivity contribution is 5.63. The van der Waals surface area contributed by atoms with Crippen molar-refractivity contribution in [2.24, 2.45) is 5.73 Å². The molecule has 1 atom stereocenters. The Bertz CT molecular complexity index is 961. The van der Waals surface area contributed by atoms with Gasteiger partial charge in [0.1, 0.15) is 28.9 Å². The molecule has 26 heavy (non-hydrogen) atoms. The molecular weight excluding hydrogens is 336 g/mol. The van der Waals surface area contributed by atoms with E-state index in [2.05, 4.69) is 6.07 Å². The van der Waals surface area contributed by atoms with Gasteiger partial charge >= 0.3 is 0 Å². The number of nitrogens with two attached hydrogens (primary N) is 1. The molecule has 0 radical (unpaired) electrons. The molecule has 0 amide bonds. The highest BCUT2D eigenvalue weighted by Gasteiger charge is 2.35. The molecule has 0 spiro atoms. The lowest BCUT2D eigenvalue weighted by molar-refractivity contribution is 0.174. The topological polar surface area (TPSA) is 96.0 Å². The Labute approximate surface area is 150 Å². The summed E-state index contributed by atoms with van der Waals surface area (Å²) < 4.78 is 27.4. The van der Waals surface area contributed by atoms with Crippen LogP contribution in [-0.2, 0) is 0 Å². The Morgan fingerprint density at radius 1 is 1.04 bits per heavy atom. The lowest BCUT2D eigenvalue weighted by atomic mass is 9.82. The fourth-order valence-electron chi connectivity index (χ4n) is 3.23. The first-order chi connectivity index (χ1) is 12.7. The molecule has 2 heterocycles. The van der Waals surface area contributed by atoms with E-state index in [0.29, 0.717) is 34.3 Å². The van der Waals surface area contributed by atoms with Gasteiger partial charge in [0.2, 0.25) is 12.7 Å². The Kier molecular flexibility index (Phi) is 3.73. The summed E-state index contributed by atoms with van der Waals surface area (Å²) in [5.41, 5.74) is 7.81. The smallest absolute Gasteiger partial charge is 0.231 e. The van der Waals surface area contributed by atoms with Gasteiger partial charge in [0.25, 0.3) is 0 Å². The van der Waals surface area contributed by atoms with Gasteiger partial charge in [-0.2, -0.15) is 5.26 Å².